The zero-order valence-electron chi connectivity index (χ0n) is 7.73. The van der Waals surface area contributed by atoms with Crippen molar-refractivity contribution in [2.24, 2.45) is 0 Å². The molecule has 1 aromatic heterocycles. The van der Waals surface area contributed by atoms with Crippen LogP contribution >= 0.6 is 33.9 Å². The summed E-state index contributed by atoms with van der Waals surface area (Å²) in [7, 11) is 0. The smallest absolute Gasteiger partial charge is 0.267 e. The second kappa shape index (κ2) is 3.42. The summed E-state index contributed by atoms with van der Waals surface area (Å²) in [5, 5.41) is 2.58. The Bertz CT molecular complexity index is 814. The Labute approximate surface area is 106 Å². The van der Waals surface area contributed by atoms with Gasteiger partial charge in [-0.2, -0.15) is 0 Å². The van der Waals surface area contributed by atoms with Crippen LogP contribution in [0.25, 0.3) is 10.6 Å². The lowest BCUT2D eigenvalue weighted by Crippen LogP contribution is -2.01. The Hall–Kier alpha value is -1.15. The SMILES string of the molecule is O=c1nc(-c2sccc2I)c2c(=O)ncc1=2. The third-order valence-electron chi connectivity index (χ3n) is 2.31. The van der Waals surface area contributed by atoms with Crippen molar-refractivity contribution in [2.75, 3.05) is 0 Å². The van der Waals surface area contributed by atoms with E-state index in [0.717, 1.165) is 8.45 Å². The molecule has 0 fully saturated rings. The average molecular weight is 342 g/mol. The maximum atomic E-state index is 11.5. The largest absolute Gasteiger partial charge is 0.280 e. The lowest BCUT2D eigenvalue weighted by Gasteiger charge is -1.90. The van der Waals surface area contributed by atoms with Gasteiger partial charge in [-0.25, -0.2) is 9.97 Å². The number of thiophene rings is 1. The highest BCUT2D eigenvalue weighted by molar-refractivity contribution is 14.1. The van der Waals surface area contributed by atoms with Gasteiger partial charge in [0.05, 0.1) is 21.0 Å². The van der Waals surface area contributed by atoms with Crippen molar-refractivity contribution in [1.29, 1.82) is 0 Å². The first-order chi connectivity index (χ1) is 7.68. The van der Waals surface area contributed by atoms with E-state index in [0.29, 0.717) is 16.1 Å². The van der Waals surface area contributed by atoms with Crippen molar-refractivity contribution in [1.82, 2.24) is 9.97 Å². The van der Waals surface area contributed by atoms with Crippen molar-refractivity contribution in [2.45, 2.75) is 0 Å². The molecule has 3 rings (SSSR count). The lowest BCUT2D eigenvalue weighted by atomic mass is 10.3. The van der Waals surface area contributed by atoms with Gasteiger partial charge in [0, 0.05) is 9.77 Å². The van der Waals surface area contributed by atoms with Crippen LogP contribution in [0.5, 0.6) is 0 Å². The first kappa shape index (κ1) is 10.0. The van der Waals surface area contributed by atoms with E-state index in [4.69, 9.17) is 0 Å². The van der Waals surface area contributed by atoms with Crippen LogP contribution in [0.3, 0.4) is 0 Å². The Morgan fingerprint density at radius 1 is 1.25 bits per heavy atom. The molecule has 2 aliphatic rings. The second-order valence-corrected chi connectivity index (χ2v) is 5.29. The number of halogens is 1. The van der Waals surface area contributed by atoms with E-state index >= 15 is 0 Å². The molecule has 0 N–H and O–H groups in total. The summed E-state index contributed by atoms with van der Waals surface area (Å²) in [6, 6.07) is 1.92. The molecule has 0 spiro atoms. The molecule has 2 aliphatic heterocycles. The summed E-state index contributed by atoms with van der Waals surface area (Å²) in [6.45, 7) is 0. The average Bonchev–Trinajstić information content (AvgIpc) is 2.88. The molecule has 0 aromatic carbocycles. The molecule has 0 atom stereocenters. The topological polar surface area (TPSA) is 59.9 Å². The van der Waals surface area contributed by atoms with Crippen LogP contribution in [0.15, 0.2) is 27.2 Å². The second-order valence-electron chi connectivity index (χ2n) is 3.22. The summed E-state index contributed by atoms with van der Waals surface area (Å²) in [5.41, 5.74) is -0.269. The predicted octanol–water partition coefficient (Wildman–Crippen LogP) is 1.13. The molecule has 0 bridgehead atoms. The van der Waals surface area contributed by atoms with Crippen molar-refractivity contribution in [3.05, 3.63) is 52.4 Å². The van der Waals surface area contributed by atoms with E-state index in [1.807, 2.05) is 11.4 Å². The molecule has 0 unspecified atom stereocenters. The zero-order chi connectivity index (χ0) is 11.3. The number of aromatic nitrogens is 2. The van der Waals surface area contributed by atoms with Gasteiger partial charge in [-0.15, -0.1) is 11.3 Å². The van der Waals surface area contributed by atoms with Crippen LogP contribution in [0.1, 0.15) is 0 Å². The third kappa shape index (κ3) is 1.26. The van der Waals surface area contributed by atoms with Crippen molar-refractivity contribution < 1.29 is 0 Å². The van der Waals surface area contributed by atoms with E-state index in [2.05, 4.69) is 32.6 Å². The van der Waals surface area contributed by atoms with Gasteiger partial charge in [0.15, 0.2) is 0 Å². The molecule has 4 nitrogen and oxygen atoms in total. The summed E-state index contributed by atoms with van der Waals surface area (Å²) < 4.78 is 0.989. The molecule has 0 aliphatic carbocycles. The number of nitrogens with zero attached hydrogens (tertiary/aromatic N) is 2. The molecule has 1 aromatic rings. The number of hydrogen-bond acceptors (Lipinski definition) is 5. The van der Waals surface area contributed by atoms with Gasteiger partial charge in [-0.05, 0) is 34.0 Å². The summed E-state index contributed by atoms with van der Waals surface area (Å²) in [5.74, 6) is 0. The van der Waals surface area contributed by atoms with E-state index in [1.54, 1.807) is 0 Å². The summed E-state index contributed by atoms with van der Waals surface area (Å²) in [4.78, 5) is 31.5. The molecule has 0 radical (unpaired) electrons. The molecule has 16 heavy (non-hydrogen) atoms. The highest BCUT2D eigenvalue weighted by Crippen LogP contribution is 2.29. The fourth-order valence-corrected chi connectivity index (χ4v) is 3.44. The van der Waals surface area contributed by atoms with Gasteiger partial charge in [0.2, 0.25) is 0 Å². The fraction of sp³-hybridized carbons (Fsp3) is 0. The maximum absolute atomic E-state index is 11.5. The van der Waals surface area contributed by atoms with Crippen molar-refractivity contribution in [3.8, 4) is 10.6 Å². The van der Waals surface area contributed by atoms with Crippen molar-refractivity contribution >= 4 is 33.9 Å². The van der Waals surface area contributed by atoms with E-state index in [-0.39, 0.29) is 11.1 Å². The van der Waals surface area contributed by atoms with E-state index in [1.165, 1.54) is 17.5 Å². The van der Waals surface area contributed by atoms with Crippen LogP contribution in [-0.4, -0.2) is 9.97 Å². The first-order valence-corrected chi connectivity index (χ1v) is 6.34. The Kier molecular flexibility index (Phi) is 2.15. The monoisotopic (exact) mass is 342 g/mol. The molecule has 78 valence electrons. The number of hydrogen-bond donors (Lipinski definition) is 0. The van der Waals surface area contributed by atoms with Crippen LogP contribution < -0.4 is 11.1 Å². The van der Waals surface area contributed by atoms with Gasteiger partial charge >= 0.3 is 0 Å². The fourth-order valence-electron chi connectivity index (χ4n) is 1.60. The molecular weight excluding hydrogens is 339 g/mol. The molecule has 0 saturated heterocycles. The minimum absolute atomic E-state index is 0.323. The molecule has 3 heterocycles. The normalized spacial score (nSPS) is 11.3. The minimum atomic E-state index is -0.371. The Balaban J connectivity index is 2.54. The summed E-state index contributed by atoms with van der Waals surface area (Å²) >= 11 is 3.62. The molecule has 0 amide bonds. The molecule has 6 heteroatoms. The minimum Gasteiger partial charge on any atom is -0.267 e. The van der Waals surface area contributed by atoms with Crippen LogP contribution in [-0.2, 0) is 0 Å². The number of rotatable bonds is 1. The Morgan fingerprint density at radius 2 is 2.06 bits per heavy atom. The maximum Gasteiger partial charge on any atom is 0.280 e. The first-order valence-electron chi connectivity index (χ1n) is 4.38. The van der Waals surface area contributed by atoms with Gasteiger partial charge in [-0.3, -0.25) is 9.59 Å². The lowest BCUT2D eigenvalue weighted by molar-refractivity contribution is 1.23. The van der Waals surface area contributed by atoms with E-state index in [9.17, 15) is 9.59 Å². The van der Waals surface area contributed by atoms with Crippen LogP contribution in [0.4, 0.5) is 0 Å². The molecular formula is C10H3IN2O2S. The van der Waals surface area contributed by atoms with Gasteiger partial charge in [-0.1, -0.05) is 0 Å². The quantitative estimate of drug-likeness (QED) is 0.622. The van der Waals surface area contributed by atoms with Gasteiger partial charge < -0.3 is 0 Å². The zero-order valence-corrected chi connectivity index (χ0v) is 10.7. The molecule has 0 saturated carbocycles. The van der Waals surface area contributed by atoms with Crippen LogP contribution in [0.2, 0.25) is 0 Å². The van der Waals surface area contributed by atoms with Crippen LogP contribution in [0, 0.1) is 14.0 Å². The van der Waals surface area contributed by atoms with Gasteiger partial charge in [0.1, 0.15) is 0 Å². The van der Waals surface area contributed by atoms with Crippen molar-refractivity contribution in [3.63, 3.8) is 0 Å². The standard InChI is InChI=1S/C10H3IN2O2S/c11-5-1-2-16-8(5)7-6-4(9(14)13-7)3-12-10(6)15/h1-3H. The predicted molar refractivity (Wildman–Crippen MR) is 68.3 cm³/mol. The Morgan fingerprint density at radius 3 is 2.75 bits per heavy atom. The third-order valence-corrected chi connectivity index (χ3v) is 4.49. The van der Waals surface area contributed by atoms with E-state index < -0.39 is 0 Å². The highest BCUT2D eigenvalue weighted by atomic mass is 127. The highest BCUT2D eigenvalue weighted by Gasteiger charge is 2.16. The van der Waals surface area contributed by atoms with Gasteiger partial charge in [0.25, 0.3) is 11.1 Å². The summed E-state index contributed by atoms with van der Waals surface area (Å²) in [6.07, 6.45) is 1.30.